The molecule has 0 fully saturated rings. The molecule has 2 heterocycles. The predicted molar refractivity (Wildman–Crippen MR) is 116 cm³/mol. The lowest BCUT2D eigenvalue weighted by Crippen LogP contribution is -2.05. The van der Waals surface area contributed by atoms with E-state index in [1.807, 2.05) is 43.3 Å². The number of imidazole rings is 1. The Hall–Kier alpha value is -2.99. The highest BCUT2D eigenvalue weighted by Gasteiger charge is 2.14. The average molecular weight is 406 g/mol. The van der Waals surface area contributed by atoms with E-state index in [0.29, 0.717) is 11.4 Å². The second-order valence-electron chi connectivity index (χ2n) is 7.19. The summed E-state index contributed by atoms with van der Waals surface area (Å²) in [5, 5.41) is 0. The number of rotatable bonds is 5. The number of benzene rings is 2. The van der Waals surface area contributed by atoms with Gasteiger partial charge < -0.3 is 4.57 Å². The van der Waals surface area contributed by atoms with Crippen molar-refractivity contribution in [2.24, 2.45) is 0 Å². The van der Waals surface area contributed by atoms with Crippen LogP contribution in [-0.2, 0) is 23.7 Å². The Labute approximate surface area is 172 Å². The maximum atomic E-state index is 11.5. The van der Waals surface area contributed by atoms with Gasteiger partial charge >= 0.3 is 0 Å². The van der Waals surface area contributed by atoms with Gasteiger partial charge in [0.05, 0.1) is 11.4 Å². The summed E-state index contributed by atoms with van der Waals surface area (Å²) < 4.78 is 25.3. The Morgan fingerprint density at radius 1 is 0.966 bits per heavy atom. The van der Waals surface area contributed by atoms with E-state index in [0.717, 1.165) is 51.4 Å². The van der Waals surface area contributed by atoms with E-state index in [-0.39, 0.29) is 0 Å². The molecule has 148 valence electrons. The maximum Gasteiger partial charge on any atom is 0.168 e. The van der Waals surface area contributed by atoms with Crippen LogP contribution >= 0.6 is 0 Å². The third-order valence-corrected chi connectivity index (χ3v) is 5.91. The van der Waals surface area contributed by atoms with Gasteiger partial charge in [-0.1, -0.05) is 49.4 Å². The van der Waals surface area contributed by atoms with Crippen molar-refractivity contribution in [3.63, 3.8) is 0 Å². The highest BCUT2D eigenvalue weighted by Crippen LogP contribution is 2.26. The Morgan fingerprint density at radius 3 is 2.38 bits per heavy atom. The number of nitrogens with zero attached hydrogens (tertiary/aromatic N) is 3. The van der Waals surface area contributed by atoms with Gasteiger partial charge in [-0.3, -0.25) is 0 Å². The quantitative estimate of drug-likeness (QED) is 0.503. The monoisotopic (exact) mass is 405 g/mol. The Morgan fingerprint density at radius 2 is 1.69 bits per heavy atom. The van der Waals surface area contributed by atoms with Crippen LogP contribution in [-0.4, -0.2) is 23.0 Å². The van der Waals surface area contributed by atoms with Crippen molar-refractivity contribution in [2.75, 3.05) is 0 Å². The topological polar surface area (TPSA) is 64.8 Å². The molecule has 29 heavy (non-hydrogen) atoms. The fraction of sp³-hybridized carbons (Fsp3) is 0.217. The SMILES string of the molecule is CCc1nc2c(C)cc(C)nc2n1Cc1ccc(-c2ccccc2[SH](=O)=O)cc1. The largest absolute Gasteiger partial charge is 0.308 e. The summed E-state index contributed by atoms with van der Waals surface area (Å²) >= 11 is 0. The molecule has 0 unspecified atom stereocenters. The number of pyridine rings is 1. The lowest BCUT2D eigenvalue weighted by molar-refractivity contribution is 0.615. The molecular weight excluding hydrogens is 382 g/mol. The molecule has 0 saturated carbocycles. The number of hydrogen-bond donors (Lipinski definition) is 1. The summed E-state index contributed by atoms with van der Waals surface area (Å²) in [5.41, 5.74) is 6.73. The molecule has 5 nitrogen and oxygen atoms in total. The standard InChI is InChI=1S/C23H23N3O2S/c1-4-21-25-22-15(2)13-16(3)24-23(22)26(21)14-17-9-11-18(12-10-17)19-7-5-6-8-20(19)29(27)28/h5-13,29H,4,14H2,1-3H3. The van der Waals surface area contributed by atoms with Crippen LogP contribution < -0.4 is 0 Å². The van der Waals surface area contributed by atoms with Gasteiger partial charge in [-0.25, -0.2) is 18.4 Å². The van der Waals surface area contributed by atoms with E-state index in [1.54, 1.807) is 12.1 Å². The summed E-state index contributed by atoms with van der Waals surface area (Å²) in [6.07, 6.45) is 0.830. The number of fused-ring (bicyclic) bond motifs is 1. The van der Waals surface area contributed by atoms with E-state index in [2.05, 4.69) is 24.5 Å². The molecule has 6 heteroatoms. The van der Waals surface area contributed by atoms with E-state index in [1.165, 1.54) is 0 Å². The van der Waals surface area contributed by atoms with E-state index in [9.17, 15) is 8.42 Å². The molecule has 0 N–H and O–H groups in total. The zero-order valence-electron chi connectivity index (χ0n) is 16.7. The number of thiol groups is 1. The summed E-state index contributed by atoms with van der Waals surface area (Å²) in [6.45, 7) is 6.85. The second-order valence-corrected chi connectivity index (χ2v) is 8.19. The van der Waals surface area contributed by atoms with Gasteiger partial charge in [-0.15, -0.1) is 0 Å². The molecule has 4 aromatic rings. The van der Waals surface area contributed by atoms with Crippen LogP contribution in [0.3, 0.4) is 0 Å². The second kappa shape index (κ2) is 7.79. The minimum absolute atomic E-state index is 0.347. The molecule has 2 aromatic carbocycles. The van der Waals surface area contributed by atoms with Crippen LogP contribution in [0.5, 0.6) is 0 Å². The van der Waals surface area contributed by atoms with Gasteiger partial charge in [0.1, 0.15) is 11.3 Å². The molecule has 0 aliphatic rings. The third kappa shape index (κ3) is 3.68. The normalized spacial score (nSPS) is 11.4. The third-order valence-electron chi connectivity index (χ3n) is 5.12. The van der Waals surface area contributed by atoms with Crippen LogP contribution in [0.4, 0.5) is 0 Å². The molecule has 4 rings (SSSR count). The number of hydrogen-bond acceptors (Lipinski definition) is 4. The molecule has 0 spiro atoms. The minimum Gasteiger partial charge on any atom is -0.308 e. The average Bonchev–Trinajstić information content (AvgIpc) is 3.06. The van der Waals surface area contributed by atoms with Gasteiger partial charge in [0.15, 0.2) is 16.4 Å². The molecule has 0 atom stereocenters. The zero-order chi connectivity index (χ0) is 20.5. The first kappa shape index (κ1) is 19.3. The van der Waals surface area contributed by atoms with Crippen LogP contribution in [0.1, 0.15) is 29.6 Å². The first-order valence-corrected chi connectivity index (χ1v) is 10.8. The first-order valence-electron chi connectivity index (χ1n) is 9.64. The van der Waals surface area contributed by atoms with Gasteiger partial charge in [0.25, 0.3) is 0 Å². The predicted octanol–water partition coefficient (Wildman–Crippen LogP) is 4.30. The summed E-state index contributed by atoms with van der Waals surface area (Å²) in [7, 11) is -2.63. The van der Waals surface area contributed by atoms with Crippen LogP contribution in [0.2, 0.25) is 0 Å². The van der Waals surface area contributed by atoms with Crippen molar-refractivity contribution in [3.8, 4) is 11.1 Å². The number of aryl methyl sites for hydroxylation is 3. The van der Waals surface area contributed by atoms with Crippen molar-refractivity contribution in [3.05, 3.63) is 77.2 Å². The van der Waals surface area contributed by atoms with Crippen molar-refractivity contribution in [1.29, 1.82) is 0 Å². The first-order chi connectivity index (χ1) is 14.0. The molecule has 0 aliphatic heterocycles. The van der Waals surface area contributed by atoms with Gasteiger partial charge in [-0.05, 0) is 42.7 Å². The molecular formula is C23H23N3O2S. The van der Waals surface area contributed by atoms with Gasteiger partial charge in [-0.2, -0.15) is 0 Å². The minimum atomic E-state index is -2.63. The molecule has 0 amide bonds. The van der Waals surface area contributed by atoms with Gasteiger partial charge in [0, 0.05) is 17.7 Å². The molecule has 0 aliphatic carbocycles. The van der Waals surface area contributed by atoms with Crippen LogP contribution in [0.15, 0.2) is 59.5 Å². The fourth-order valence-electron chi connectivity index (χ4n) is 3.73. The lowest BCUT2D eigenvalue weighted by atomic mass is 10.0. The smallest absolute Gasteiger partial charge is 0.168 e. The van der Waals surface area contributed by atoms with Gasteiger partial charge in [0.2, 0.25) is 0 Å². The zero-order valence-corrected chi connectivity index (χ0v) is 17.6. The Balaban J connectivity index is 1.72. The van der Waals surface area contributed by atoms with E-state index < -0.39 is 10.7 Å². The Kier molecular flexibility index (Phi) is 5.20. The highest BCUT2D eigenvalue weighted by molar-refractivity contribution is 7.72. The summed E-state index contributed by atoms with van der Waals surface area (Å²) in [6, 6.07) is 17.2. The molecule has 2 aromatic heterocycles. The summed E-state index contributed by atoms with van der Waals surface area (Å²) in [4.78, 5) is 9.87. The molecule has 0 saturated heterocycles. The fourth-order valence-corrected chi connectivity index (χ4v) is 4.34. The van der Waals surface area contributed by atoms with Crippen LogP contribution in [0.25, 0.3) is 22.3 Å². The Bertz CT molecular complexity index is 1260. The van der Waals surface area contributed by atoms with Crippen molar-refractivity contribution in [1.82, 2.24) is 14.5 Å². The van der Waals surface area contributed by atoms with E-state index in [4.69, 9.17) is 9.97 Å². The van der Waals surface area contributed by atoms with Crippen LogP contribution in [0, 0.1) is 13.8 Å². The van der Waals surface area contributed by atoms with Crippen molar-refractivity contribution < 1.29 is 8.42 Å². The maximum absolute atomic E-state index is 11.5. The molecule has 0 bridgehead atoms. The van der Waals surface area contributed by atoms with Crippen molar-refractivity contribution in [2.45, 2.75) is 38.6 Å². The number of aromatic nitrogens is 3. The lowest BCUT2D eigenvalue weighted by Gasteiger charge is -2.10. The molecule has 0 radical (unpaired) electrons. The van der Waals surface area contributed by atoms with Crippen molar-refractivity contribution >= 4 is 21.9 Å². The van der Waals surface area contributed by atoms with E-state index >= 15 is 0 Å². The summed E-state index contributed by atoms with van der Waals surface area (Å²) in [5.74, 6) is 1.01. The highest BCUT2D eigenvalue weighted by atomic mass is 32.2.